The van der Waals surface area contributed by atoms with Crippen molar-refractivity contribution in [3.8, 4) is 5.75 Å². The lowest BCUT2D eigenvalue weighted by atomic mass is 9.81. The number of methoxy groups -OCH3 is 1. The predicted octanol–water partition coefficient (Wildman–Crippen LogP) is 3.42. The minimum absolute atomic E-state index is 0.291. The summed E-state index contributed by atoms with van der Waals surface area (Å²) in [6.45, 7) is 8.42. The highest BCUT2D eigenvalue weighted by Crippen LogP contribution is 2.30. The summed E-state index contributed by atoms with van der Waals surface area (Å²) in [5.74, 6) is 1.25. The minimum Gasteiger partial charge on any atom is -0.497 e. The van der Waals surface area contributed by atoms with Crippen molar-refractivity contribution in [2.24, 2.45) is 17.6 Å². The molecule has 0 bridgehead atoms. The number of nitrogens with one attached hydrogen (secondary N) is 1. The summed E-state index contributed by atoms with van der Waals surface area (Å²) in [4.78, 5) is 12.2. The lowest BCUT2D eigenvalue weighted by Gasteiger charge is -2.35. The van der Waals surface area contributed by atoms with E-state index in [9.17, 15) is 4.79 Å². The van der Waals surface area contributed by atoms with Gasteiger partial charge in [0.15, 0.2) is 0 Å². The fourth-order valence-electron chi connectivity index (χ4n) is 2.79. The molecule has 0 atom stereocenters. The van der Waals surface area contributed by atoms with Gasteiger partial charge in [-0.3, -0.25) is 4.79 Å². The van der Waals surface area contributed by atoms with E-state index in [1.54, 1.807) is 7.11 Å². The smallest absolute Gasteiger partial charge is 0.243 e. The molecule has 0 aliphatic carbocycles. The van der Waals surface area contributed by atoms with E-state index in [2.05, 4.69) is 33.0 Å². The number of primary amides is 1. The number of carbonyl (C=O) groups is 1. The maximum Gasteiger partial charge on any atom is 0.243 e. The van der Waals surface area contributed by atoms with Gasteiger partial charge in [0.05, 0.1) is 7.11 Å². The number of benzene rings is 1. The quantitative estimate of drug-likeness (QED) is 0.771. The Bertz CT molecular complexity index is 442. The Hall–Kier alpha value is -1.71. The molecule has 3 N–H and O–H groups in total. The van der Waals surface area contributed by atoms with Crippen LogP contribution in [0.3, 0.4) is 0 Å². The van der Waals surface area contributed by atoms with E-state index in [1.807, 2.05) is 24.3 Å². The molecule has 0 aliphatic heterocycles. The second kappa shape index (κ2) is 7.34. The maximum atomic E-state index is 12.2. The van der Waals surface area contributed by atoms with Crippen LogP contribution in [0.1, 0.15) is 40.5 Å². The molecule has 1 aromatic rings. The zero-order valence-corrected chi connectivity index (χ0v) is 13.8. The van der Waals surface area contributed by atoms with Crippen LogP contribution in [0.4, 0.5) is 5.69 Å². The summed E-state index contributed by atoms with van der Waals surface area (Å²) in [6, 6.07) is 7.58. The van der Waals surface area contributed by atoms with E-state index in [0.29, 0.717) is 24.7 Å². The highest BCUT2D eigenvalue weighted by Gasteiger charge is 2.37. The first-order chi connectivity index (χ1) is 9.79. The van der Waals surface area contributed by atoms with Crippen molar-refractivity contribution in [3.63, 3.8) is 0 Å². The lowest BCUT2D eigenvalue weighted by Crippen LogP contribution is -2.52. The van der Waals surface area contributed by atoms with Crippen LogP contribution in [0.25, 0.3) is 0 Å². The first-order valence-electron chi connectivity index (χ1n) is 7.51. The van der Waals surface area contributed by atoms with Gasteiger partial charge in [-0.1, -0.05) is 27.7 Å². The van der Waals surface area contributed by atoms with Gasteiger partial charge in [0.2, 0.25) is 5.91 Å². The molecule has 21 heavy (non-hydrogen) atoms. The Kier molecular flexibility index (Phi) is 6.06. The van der Waals surface area contributed by atoms with Gasteiger partial charge in [0, 0.05) is 5.69 Å². The molecular formula is C17H28N2O2. The van der Waals surface area contributed by atoms with Crippen molar-refractivity contribution >= 4 is 11.6 Å². The summed E-state index contributed by atoms with van der Waals surface area (Å²) >= 11 is 0. The molecule has 0 heterocycles. The molecule has 0 fully saturated rings. The normalized spacial score (nSPS) is 11.8. The molecule has 1 aromatic carbocycles. The Morgan fingerprint density at radius 2 is 1.62 bits per heavy atom. The molecule has 1 amide bonds. The zero-order chi connectivity index (χ0) is 16.0. The van der Waals surface area contributed by atoms with Gasteiger partial charge < -0.3 is 15.8 Å². The van der Waals surface area contributed by atoms with E-state index in [-0.39, 0.29) is 5.91 Å². The van der Waals surface area contributed by atoms with Crippen LogP contribution >= 0.6 is 0 Å². The van der Waals surface area contributed by atoms with Gasteiger partial charge in [-0.25, -0.2) is 0 Å². The van der Waals surface area contributed by atoms with Crippen LogP contribution in [-0.4, -0.2) is 18.6 Å². The molecule has 0 spiro atoms. The SMILES string of the molecule is COc1ccc(NC(CC(C)C)(CC(C)C)C(N)=O)cc1. The fraction of sp³-hybridized carbons (Fsp3) is 0.588. The minimum atomic E-state index is -0.711. The summed E-state index contributed by atoms with van der Waals surface area (Å²) in [5, 5.41) is 3.38. The molecule has 4 heteroatoms. The number of carbonyl (C=O) groups excluding carboxylic acids is 1. The van der Waals surface area contributed by atoms with E-state index in [1.165, 1.54) is 0 Å². The van der Waals surface area contributed by atoms with Crippen LogP contribution in [-0.2, 0) is 4.79 Å². The number of amides is 1. The van der Waals surface area contributed by atoms with E-state index >= 15 is 0 Å². The maximum absolute atomic E-state index is 12.2. The summed E-state index contributed by atoms with van der Waals surface area (Å²) < 4.78 is 5.16. The molecule has 0 radical (unpaired) electrons. The predicted molar refractivity (Wildman–Crippen MR) is 87.5 cm³/mol. The fourth-order valence-corrected chi connectivity index (χ4v) is 2.79. The Balaban J connectivity index is 3.05. The molecule has 4 nitrogen and oxygen atoms in total. The third-order valence-corrected chi connectivity index (χ3v) is 3.46. The van der Waals surface area contributed by atoms with Crippen molar-refractivity contribution in [2.45, 2.75) is 46.1 Å². The largest absolute Gasteiger partial charge is 0.497 e. The van der Waals surface area contributed by atoms with E-state index in [0.717, 1.165) is 11.4 Å². The highest BCUT2D eigenvalue weighted by atomic mass is 16.5. The molecule has 1 rings (SSSR count). The second-order valence-electron chi connectivity index (χ2n) is 6.50. The second-order valence-corrected chi connectivity index (χ2v) is 6.50. The number of rotatable bonds is 8. The molecular weight excluding hydrogens is 264 g/mol. The van der Waals surface area contributed by atoms with Crippen LogP contribution < -0.4 is 15.8 Å². The first-order valence-corrected chi connectivity index (χ1v) is 7.51. The highest BCUT2D eigenvalue weighted by molar-refractivity contribution is 5.88. The number of anilines is 1. The summed E-state index contributed by atoms with van der Waals surface area (Å²) in [6.07, 6.45) is 1.43. The molecule has 0 saturated carbocycles. The Morgan fingerprint density at radius 1 is 1.14 bits per heavy atom. The van der Waals surface area contributed by atoms with Gasteiger partial charge in [-0.05, 0) is 48.9 Å². The topological polar surface area (TPSA) is 64.3 Å². The van der Waals surface area contributed by atoms with Gasteiger partial charge >= 0.3 is 0 Å². The van der Waals surface area contributed by atoms with Gasteiger partial charge in [0.1, 0.15) is 11.3 Å². The summed E-state index contributed by atoms with van der Waals surface area (Å²) in [7, 11) is 1.63. The number of nitrogens with two attached hydrogens (primary N) is 1. The van der Waals surface area contributed by atoms with Crippen LogP contribution in [0.15, 0.2) is 24.3 Å². The van der Waals surface area contributed by atoms with Crippen molar-refractivity contribution in [2.75, 3.05) is 12.4 Å². The molecule has 118 valence electrons. The van der Waals surface area contributed by atoms with E-state index in [4.69, 9.17) is 10.5 Å². The van der Waals surface area contributed by atoms with E-state index < -0.39 is 5.54 Å². The Morgan fingerprint density at radius 3 is 1.95 bits per heavy atom. The van der Waals surface area contributed by atoms with Gasteiger partial charge in [0.25, 0.3) is 0 Å². The zero-order valence-electron chi connectivity index (χ0n) is 13.8. The van der Waals surface area contributed by atoms with Crippen molar-refractivity contribution in [1.29, 1.82) is 0 Å². The third kappa shape index (κ3) is 4.96. The summed E-state index contributed by atoms with van der Waals surface area (Å²) in [5.41, 5.74) is 5.92. The molecule has 0 aromatic heterocycles. The standard InChI is InChI=1S/C17H28N2O2/c1-12(2)10-17(16(18)20,11-13(3)4)19-14-6-8-15(21-5)9-7-14/h6-9,12-13,19H,10-11H2,1-5H3,(H2,18,20). The van der Waals surface area contributed by atoms with Crippen molar-refractivity contribution in [3.05, 3.63) is 24.3 Å². The average Bonchev–Trinajstić information content (AvgIpc) is 2.37. The number of hydrogen-bond donors (Lipinski definition) is 2. The Labute approximate surface area is 128 Å². The first kappa shape index (κ1) is 17.3. The van der Waals surface area contributed by atoms with Crippen molar-refractivity contribution < 1.29 is 9.53 Å². The van der Waals surface area contributed by atoms with Crippen LogP contribution in [0.2, 0.25) is 0 Å². The monoisotopic (exact) mass is 292 g/mol. The van der Waals surface area contributed by atoms with Crippen LogP contribution in [0, 0.1) is 11.8 Å². The third-order valence-electron chi connectivity index (χ3n) is 3.46. The molecule has 0 unspecified atom stereocenters. The van der Waals surface area contributed by atoms with Gasteiger partial charge in [-0.2, -0.15) is 0 Å². The average molecular weight is 292 g/mol. The number of hydrogen-bond acceptors (Lipinski definition) is 3. The molecule has 0 saturated heterocycles. The lowest BCUT2D eigenvalue weighted by molar-refractivity contribution is -0.123. The van der Waals surface area contributed by atoms with Crippen LogP contribution in [0.5, 0.6) is 5.75 Å². The number of ether oxygens (including phenoxy) is 1. The van der Waals surface area contributed by atoms with Gasteiger partial charge in [-0.15, -0.1) is 0 Å². The van der Waals surface area contributed by atoms with Crippen molar-refractivity contribution in [1.82, 2.24) is 0 Å². The molecule has 0 aliphatic rings.